The van der Waals surface area contributed by atoms with Gasteiger partial charge in [0.2, 0.25) is 0 Å². The number of aromatic nitrogens is 3. The molecule has 7 nitrogen and oxygen atoms in total. The third kappa shape index (κ3) is 3.48. The van der Waals surface area contributed by atoms with E-state index in [9.17, 15) is 20.0 Å². The monoisotopic (exact) mass is 430 g/mol. The first kappa shape index (κ1) is 21.4. The Morgan fingerprint density at radius 3 is 2.56 bits per heavy atom. The van der Waals surface area contributed by atoms with Crippen molar-refractivity contribution in [3.8, 4) is 6.07 Å². The van der Waals surface area contributed by atoms with Crippen LogP contribution in [-0.4, -0.2) is 24.8 Å². The van der Waals surface area contributed by atoms with Crippen LogP contribution in [0.1, 0.15) is 48.1 Å². The van der Waals surface area contributed by atoms with Crippen LogP contribution in [0.15, 0.2) is 41.3 Å². The van der Waals surface area contributed by atoms with E-state index < -0.39 is 12.0 Å². The zero-order valence-corrected chi connectivity index (χ0v) is 18.7. The van der Waals surface area contributed by atoms with Gasteiger partial charge in [-0.05, 0) is 61.2 Å². The lowest BCUT2D eigenvalue weighted by Crippen LogP contribution is -2.28. The molecule has 0 saturated carbocycles. The second-order valence-electron chi connectivity index (χ2n) is 8.46. The third-order valence-corrected chi connectivity index (χ3v) is 6.18. The van der Waals surface area contributed by atoms with Crippen molar-refractivity contribution in [3.63, 3.8) is 0 Å². The quantitative estimate of drug-likeness (QED) is 0.495. The van der Waals surface area contributed by atoms with Gasteiger partial charge in [-0.3, -0.25) is 13.9 Å². The second-order valence-corrected chi connectivity index (χ2v) is 8.46. The Labute approximate surface area is 185 Å². The summed E-state index contributed by atoms with van der Waals surface area (Å²) in [7, 11) is 2.00. The Morgan fingerprint density at radius 1 is 1.16 bits per heavy atom. The molecule has 0 unspecified atom stereocenters. The Bertz CT molecular complexity index is 1460. The van der Waals surface area contributed by atoms with Crippen LogP contribution >= 0.6 is 0 Å². The van der Waals surface area contributed by atoms with Gasteiger partial charge in [0.1, 0.15) is 0 Å². The molecule has 0 aliphatic heterocycles. The van der Waals surface area contributed by atoms with Crippen LogP contribution in [-0.2, 0) is 18.4 Å². The minimum Gasteiger partial charge on any atom is -0.481 e. The van der Waals surface area contributed by atoms with Gasteiger partial charge in [-0.25, -0.2) is 4.79 Å². The van der Waals surface area contributed by atoms with Crippen molar-refractivity contribution in [2.45, 2.75) is 46.2 Å². The van der Waals surface area contributed by atoms with E-state index in [0.717, 1.165) is 22.0 Å². The van der Waals surface area contributed by atoms with Crippen molar-refractivity contribution in [1.82, 2.24) is 13.7 Å². The second kappa shape index (κ2) is 8.04. The largest absolute Gasteiger partial charge is 0.481 e. The van der Waals surface area contributed by atoms with Gasteiger partial charge in [-0.2, -0.15) is 5.26 Å². The van der Waals surface area contributed by atoms with Crippen LogP contribution in [0.25, 0.3) is 21.9 Å². The van der Waals surface area contributed by atoms with Crippen LogP contribution in [0, 0.1) is 25.2 Å². The van der Waals surface area contributed by atoms with Crippen molar-refractivity contribution in [3.05, 3.63) is 69.3 Å². The van der Waals surface area contributed by atoms with E-state index in [0.29, 0.717) is 29.6 Å². The molecule has 0 aliphatic carbocycles. The zero-order chi connectivity index (χ0) is 23.2. The molecule has 164 valence electrons. The number of carbonyl (C=O) groups is 1. The molecule has 4 rings (SSSR count). The molecule has 0 amide bonds. The summed E-state index contributed by atoms with van der Waals surface area (Å²) in [5, 5.41) is 19.9. The Balaban J connectivity index is 1.96. The molecular weight excluding hydrogens is 404 g/mol. The standard InChI is InChI=1S/C25H26N4O3/c1-5-19(11-23(30)31)29-21-10-17(12-26)6-7-20(21)28(25(29)32)14-18-13-27(4)22-9-15(2)8-16(3)24(18)22/h6-10,13,19H,5,11,14H2,1-4H3,(H,30,31)/t19-/m0/s1. The fourth-order valence-electron chi connectivity index (χ4n) is 4.77. The molecule has 0 saturated heterocycles. The van der Waals surface area contributed by atoms with Crippen molar-refractivity contribution in [1.29, 1.82) is 5.26 Å². The Kier molecular flexibility index (Phi) is 5.39. The first-order chi connectivity index (χ1) is 15.2. The first-order valence-corrected chi connectivity index (χ1v) is 10.7. The van der Waals surface area contributed by atoms with Gasteiger partial charge >= 0.3 is 11.7 Å². The number of rotatable bonds is 6. The maximum Gasteiger partial charge on any atom is 0.329 e. The smallest absolute Gasteiger partial charge is 0.329 e. The topological polar surface area (TPSA) is 92.9 Å². The predicted molar refractivity (Wildman–Crippen MR) is 124 cm³/mol. The van der Waals surface area contributed by atoms with E-state index in [1.807, 2.05) is 20.2 Å². The summed E-state index contributed by atoms with van der Waals surface area (Å²) < 4.78 is 5.31. The summed E-state index contributed by atoms with van der Waals surface area (Å²) in [5.41, 5.74) is 5.93. The molecule has 2 aromatic carbocycles. The maximum absolute atomic E-state index is 13.6. The highest BCUT2D eigenvalue weighted by Gasteiger charge is 2.23. The molecule has 0 bridgehead atoms. The van der Waals surface area contributed by atoms with E-state index >= 15 is 0 Å². The zero-order valence-electron chi connectivity index (χ0n) is 18.7. The minimum atomic E-state index is -0.957. The van der Waals surface area contributed by atoms with E-state index in [2.05, 4.69) is 36.6 Å². The van der Waals surface area contributed by atoms with Crippen LogP contribution < -0.4 is 5.69 Å². The summed E-state index contributed by atoms with van der Waals surface area (Å²) >= 11 is 0. The minimum absolute atomic E-state index is 0.154. The third-order valence-electron chi connectivity index (χ3n) is 6.18. The number of benzene rings is 2. The number of nitriles is 1. The number of carboxylic acid groups (broad SMARTS) is 1. The number of carboxylic acids is 1. The molecule has 1 N–H and O–H groups in total. The SMILES string of the molecule is CC[C@@H](CC(=O)O)n1c(=O)n(Cc2cn(C)c3cc(C)cc(C)c23)c2ccc(C#N)cc21. The highest BCUT2D eigenvalue weighted by atomic mass is 16.4. The van der Waals surface area contributed by atoms with Gasteiger partial charge in [0, 0.05) is 30.2 Å². The Hall–Kier alpha value is -3.79. The van der Waals surface area contributed by atoms with Gasteiger partial charge in [-0.1, -0.05) is 13.0 Å². The average Bonchev–Trinajstić information content (AvgIpc) is 3.20. The van der Waals surface area contributed by atoms with E-state index in [-0.39, 0.29) is 12.1 Å². The summed E-state index contributed by atoms with van der Waals surface area (Å²) in [6.07, 6.45) is 2.39. The predicted octanol–water partition coefficient (Wildman–Crippen LogP) is 4.26. The van der Waals surface area contributed by atoms with Crippen molar-refractivity contribution in [2.75, 3.05) is 0 Å². The molecule has 2 heterocycles. The van der Waals surface area contributed by atoms with Crippen LogP contribution in [0.4, 0.5) is 0 Å². The number of imidazole rings is 1. The number of aliphatic carboxylic acids is 1. The van der Waals surface area contributed by atoms with Crippen LogP contribution in [0.5, 0.6) is 0 Å². The van der Waals surface area contributed by atoms with Gasteiger partial charge in [0.25, 0.3) is 0 Å². The van der Waals surface area contributed by atoms with Gasteiger partial charge < -0.3 is 9.67 Å². The molecule has 0 fully saturated rings. The maximum atomic E-state index is 13.6. The molecule has 0 aliphatic rings. The summed E-state index contributed by atoms with van der Waals surface area (Å²) in [5.74, 6) is -0.957. The lowest BCUT2D eigenvalue weighted by Gasteiger charge is -2.14. The normalized spacial score (nSPS) is 12.3. The lowest BCUT2D eigenvalue weighted by atomic mass is 10.0. The fraction of sp³-hybridized carbons (Fsp3) is 0.320. The van der Waals surface area contributed by atoms with Gasteiger partial charge in [-0.15, -0.1) is 0 Å². The molecule has 0 spiro atoms. The summed E-state index contributed by atoms with van der Waals surface area (Å²) in [6, 6.07) is 11.0. The van der Waals surface area contributed by atoms with Crippen LogP contribution in [0.3, 0.4) is 0 Å². The summed E-state index contributed by atoms with van der Waals surface area (Å²) in [4.78, 5) is 25.0. The van der Waals surface area contributed by atoms with Gasteiger partial charge in [0.15, 0.2) is 0 Å². The number of aryl methyl sites for hydroxylation is 3. The molecule has 1 atom stereocenters. The van der Waals surface area contributed by atoms with E-state index in [4.69, 9.17) is 0 Å². The number of fused-ring (bicyclic) bond motifs is 2. The van der Waals surface area contributed by atoms with E-state index in [1.54, 1.807) is 27.3 Å². The van der Waals surface area contributed by atoms with Crippen molar-refractivity contribution < 1.29 is 9.90 Å². The molecule has 2 aromatic heterocycles. The molecule has 7 heteroatoms. The molecular formula is C25H26N4O3. The van der Waals surface area contributed by atoms with Crippen molar-refractivity contribution >= 4 is 27.9 Å². The molecule has 32 heavy (non-hydrogen) atoms. The average molecular weight is 431 g/mol. The Morgan fingerprint density at radius 2 is 1.91 bits per heavy atom. The van der Waals surface area contributed by atoms with Crippen LogP contribution in [0.2, 0.25) is 0 Å². The highest BCUT2D eigenvalue weighted by molar-refractivity contribution is 5.88. The number of nitrogens with zero attached hydrogens (tertiary/aromatic N) is 4. The van der Waals surface area contributed by atoms with Gasteiger partial charge in [0.05, 0.1) is 35.6 Å². The van der Waals surface area contributed by atoms with E-state index in [1.165, 1.54) is 5.56 Å². The highest BCUT2D eigenvalue weighted by Crippen LogP contribution is 2.28. The number of hydrogen-bond donors (Lipinski definition) is 1. The molecule has 4 aromatic rings. The lowest BCUT2D eigenvalue weighted by molar-refractivity contribution is -0.137. The first-order valence-electron chi connectivity index (χ1n) is 10.7. The fourth-order valence-corrected chi connectivity index (χ4v) is 4.77. The van der Waals surface area contributed by atoms with Crippen molar-refractivity contribution in [2.24, 2.45) is 7.05 Å². The summed E-state index contributed by atoms with van der Waals surface area (Å²) in [6.45, 7) is 6.37. The molecule has 0 radical (unpaired) electrons. The number of hydrogen-bond acceptors (Lipinski definition) is 3.